The molecule has 0 bridgehead atoms. The molecule has 13 heteroatoms. The smallest absolute Gasteiger partial charge is 0.416 e. The van der Waals surface area contributed by atoms with E-state index in [0.717, 1.165) is 28.7 Å². The zero-order chi connectivity index (χ0) is 28.3. The number of benzene rings is 3. The van der Waals surface area contributed by atoms with Crippen LogP contribution in [0.3, 0.4) is 0 Å². The van der Waals surface area contributed by atoms with Crippen molar-refractivity contribution in [2.24, 2.45) is 0 Å². The fourth-order valence-corrected chi connectivity index (χ4v) is 5.86. The Labute approximate surface area is 246 Å². The molecule has 39 heavy (non-hydrogen) atoms. The summed E-state index contributed by atoms with van der Waals surface area (Å²) in [7, 11) is 0. The number of alkyl halides is 3. The molecule has 0 saturated carbocycles. The first-order valence-electron chi connectivity index (χ1n) is 11.0. The number of ether oxygens (including phenoxy) is 1. The van der Waals surface area contributed by atoms with Crippen LogP contribution >= 0.6 is 55.2 Å². The van der Waals surface area contributed by atoms with Crippen LogP contribution in [0.25, 0.3) is 6.08 Å². The van der Waals surface area contributed by atoms with Gasteiger partial charge in [0.05, 0.1) is 19.4 Å². The van der Waals surface area contributed by atoms with E-state index in [1.165, 1.54) is 12.1 Å². The minimum absolute atomic E-state index is 0.0838. The third-order valence-corrected chi connectivity index (χ3v) is 7.60. The van der Waals surface area contributed by atoms with Gasteiger partial charge in [-0.15, -0.1) is 0 Å². The van der Waals surface area contributed by atoms with Crippen molar-refractivity contribution in [3.05, 3.63) is 96.2 Å². The second-order valence-corrected chi connectivity index (χ2v) is 11.3. The minimum Gasteiger partial charge on any atom is -0.487 e. The summed E-state index contributed by atoms with van der Waals surface area (Å²) in [6, 6.07) is 14.7. The van der Waals surface area contributed by atoms with Crippen molar-refractivity contribution in [3.63, 3.8) is 0 Å². The van der Waals surface area contributed by atoms with E-state index in [2.05, 4.69) is 37.2 Å². The Morgan fingerprint density at radius 3 is 2.36 bits per heavy atom. The van der Waals surface area contributed by atoms with Gasteiger partial charge in [0.2, 0.25) is 5.91 Å². The molecule has 0 spiro atoms. The lowest BCUT2D eigenvalue weighted by Gasteiger charge is -2.13. The number of nitrogens with zero attached hydrogens (tertiary/aromatic N) is 1. The second-order valence-electron chi connectivity index (χ2n) is 8.12. The first kappa shape index (κ1) is 29.2. The van der Waals surface area contributed by atoms with Crippen LogP contribution in [0, 0.1) is 0 Å². The molecule has 0 unspecified atom stereocenters. The SMILES string of the molecule is O=C(CN1C(=O)S/C(=C\c2cc(Br)c(OCc3ccc(Cl)cc3)c(Br)c2)C1=O)Nc1cccc(C(F)(F)F)c1. The van der Waals surface area contributed by atoms with Gasteiger partial charge in [0.15, 0.2) is 0 Å². The lowest BCUT2D eigenvalue weighted by atomic mass is 10.2. The lowest BCUT2D eigenvalue weighted by Crippen LogP contribution is -2.36. The van der Waals surface area contributed by atoms with Gasteiger partial charge in [-0.2, -0.15) is 13.2 Å². The topological polar surface area (TPSA) is 75.7 Å². The zero-order valence-electron chi connectivity index (χ0n) is 19.5. The van der Waals surface area contributed by atoms with Gasteiger partial charge in [0, 0.05) is 10.7 Å². The van der Waals surface area contributed by atoms with E-state index in [1.54, 1.807) is 24.3 Å². The molecule has 0 aliphatic carbocycles. The van der Waals surface area contributed by atoms with Gasteiger partial charge in [-0.3, -0.25) is 19.3 Å². The first-order chi connectivity index (χ1) is 18.4. The first-order valence-corrected chi connectivity index (χ1v) is 13.8. The number of thioether (sulfide) groups is 1. The third-order valence-electron chi connectivity index (χ3n) is 5.26. The third kappa shape index (κ3) is 7.44. The van der Waals surface area contributed by atoms with Gasteiger partial charge in [-0.1, -0.05) is 29.8 Å². The molecule has 202 valence electrons. The van der Waals surface area contributed by atoms with Gasteiger partial charge in [0.25, 0.3) is 11.1 Å². The van der Waals surface area contributed by atoms with Crippen LogP contribution < -0.4 is 10.1 Å². The normalized spacial score (nSPS) is 14.7. The van der Waals surface area contributed by atoms with E-state index in [4.69, 9.17) is 16.3 Å². The van der Waals surface area contributed by atoms with Crippen LogP contribution in [0.4, 0.5) is 23.7 Å². The molecule has 3 aromatic rings. The number of hydrogen-bond acceptors (Lipinski definition) is 5. The number of nitrogens with one attached hydrogen (secondary N) is 1. The molecular formula is C26H16Br2ClF3N2O4S. The molecule has 6 nitrogen and oxygen atoms in total. The number of amides is 3. The van der Waals surface area contributed by atoms with Crippen molar-refractivity contribution in [1.29, 1.82) is 0 Å². The fraction of sp³-hybridized carbons (Fsp3) is 0.115. The standard InChI is InChI=1S/C26H16Br2ClF3N2O4S/c27-19-8-15(9-20(28)23(19)38-13-14-4-6-17(29)7-5-14)10-21-24(36)34(25(37)39-21)12-22(35)33-18-3-1-2-16(11-18)26(30,31)32/h1-11H,12-13H2,(H,33,35)/b21-10-. The summed E-state index contributed by atoms with van der Waals surface area (Å²) in [5.74, 6) is -0.980. The molecule has 1 fully saturated rings. The average molecular weight is 705 g/mol. The number of halogens is 6. The maximum absolute atomic E-state index is 12.9. The van der Waals surface area contributed by atoms with Crippen LogP contribution in [0.15, 0.2) is 74.5 Å². The molecule has 1 aliphatic heterocycles. The summed E-state index contributed by atoms with van der Waals surface area (Å²) >= 11 is 13.5. The minimum atomic E-state index is -4.58. The average Bonchev–Trinajstić information content (AvgIpc) is 3.11. The number of rotatable bonds is 7. The Hall–Kier alpha value is -2.80. The van der Waals surface area contributed by atoms with Gasteiger partial charge in [0.1, 0.15) is 18.9 Å². The van der Waals surface area contributed by atoms with E-state index in [1.807, 2.05) is 12.1 Å². The number of anilines is 1. The quantitative estimate of drug-likeness (QED) is 0.252. The maximum atomic E-state index is 12.9. The highest BCUT2D eigenvalue weighted by atomic mass is 79.9. The molecule has 1 heterocycles. The van der Waals surface area contributed by atoms with Crippen LogP contribution in [-0.4, -0.2) is 28.5 Å². The molecule has 1 N–H and O–H groups in total. The second kappa shape index (κ2) is 12.2. The van der Waals surface area contributed by atoms with E-state index in [0.29, 0.717) is 37.0 Å². The molecule has 0 atom stereocenters. The van der Waals surface area contributed by atoms with Gasteiger partial charge < -0.3 is 10.1 Å². The monoisotopic (exact) mass is 702 g/mol. The Kier molecular flexibility index (Phi) is 9.10. The highest BCUT2D eigenvalue weighted by Gasteiger charge is 2.36. The van der Waals surface area contributed by atoms with E-state index >= 15 is 0 Å². The van der Waals surface area contributed by atoms with Crippen molar-refractivity contribution >= 4 is 84.0 Å². The van der Waals surface area contributed by atoms with Crippen LogP contribution in [0.5, 0.6) is 5.75 Å². The van der Waals surface area contributed by atoms with Crippen LogP contribution in [-0.2, 0) is 22.4 Å². The molecule has 3 amide bonds. The molecule has 0 aromatic heterocycles. The van der Waals surface area contributed by atoms with Crippen LogP contribution in [0.2, 0.25) is 5.02 Å². The Morgan fingerprint density at radius 1 is 1.05 bits per heavy atom. The van der Waals surface area contributed by atoms with Gasteiger partial charge in [-0.25, -0.2) is 0 Å². The predicted molar refractivity (Wildman–Crippen MR) is 150 cm³/mol. The van der Waals surface area contributed by atoms with Crippen molar-refractivity contribution in [1.82, 2.24) is 4.90 Å². The molecule has 3 aromatic carbocycles. The predicted octanol–water partition coefficient (Wildman–Crippen LogP) is 8.14. The molecule has 1 saturated heterocycles. The summed E-state index contributed by atoms with van der Waals surface area (Å²) < 4.78 is 45.8. The van der Waals surface area contributed by atoms with E-state index in [9.17, 15) is 27.6 Å². The fourth-order valence-electron chi connectivity index (χ4n) is 3.44. The van der Waals surface area contributed by atoms with Crippen LogP contribution in [0.1, 0.15) is 16.7 Å². The Balaban J connectivity index is 1.42. The van der Waals surface area contributed by atoms with Gasteiger partial charge >= 0.3 is 6.18 Å². The molecule has 0 radical (unpaired) electrons. The lowest BCUT2D eigenvalue weighted by molar-refractivity contribution is -0.137. The maximum Gasteiger partial charge on any atom is 0.416 e. The summed E-state index contributed by atoms with van der Waals surface area (Å²) in [5.41, 5.74) is 0.443. The number of imide groups is 1. The molecule has 4 rings (SSSR count). The largest absolute Gasteiger partial charge is 0.487 e. The Bertz CT molecular complexity index is 1460. The molecular weight excluding hydrogens is 689 g/mol. The highest BCUT2D eigenvalue weighted by molar-refractivity contribution is 9.11. The zero-order valence-corrected chi connectivity index (χ0v) is 24.3. The number of carbonyl (C=O) groups is 3. The summed E-state index contributed by atoms with van der Waals surface area (Å²) in [6.07, 6.45) is -3.09. The number of hydrogen-bond donors (Lipinski definition) is 1. The molecule has 1 aliphatic rings. The van der Waals surface area contributed by atoms with Crippen molar-refractivity contribution in [2.45, 2.75) is 12.8 Å². The Morgan fingerprint density at radius 2 is 1.72 bits per heavy atom. The van der Waals surface area contributed by atoms with Crippen molar-refractivity contribution in [3.8, 4) is 5.75 Å². The summed E-state index contributed by atoms with van der Waals surface area (Å²) in [4.78, 5) is 38.5. The van der Waals surface area contributed by atoms with E-state index in [-0.39, 0.29) is 17.2 Å². The highest BCUT2D eigenvalue weighted by Crippen LogP contribution is 2.38. The summed E-state index contributed by atoms with van der Waals surface area (Å²) in [6.45, 7) is -0.363. The van der Waals surface area contributed by atoms with Crippen molar-refractivity contribution < 1.29 is 32.3 Å². The van der Waals surface area contributed by atoms with Gasteiger partial charge in [-0.05, 0) is 103 Å². The number of carbonyl (C=O) groups excluding carboxylic acids is 3. The van der Waals surface area contributed by atoms with E-state index < -0.39 is 35.3 Å². The van der Waals surface area contributed by atoms with Crippen molar-refractivity contribution in [2.75, 3.05) is 11.9 Å². The summed E-state index contributed by atoms with van der Waals surface area (Å²) in [5, 5.41) is 2.23.